The third-order valence-corrected chi connectivity index (χ3v) is 1.66. The molecule has 90 valence electrons. The van der Waals surface area contributed by atoms with Crippen LogP contribution in [-0.2, 0) is 19.1 Å². The van der Waals surface area contributed by atoms with Crippen molar-refractivity contribution in [2.24, 2.45) is 0 Å². The molecule has 0 heterocycles. The summed E-state index contributed by atoms with van der Waals surface area (Å²) in [5.74, 6) is -2.68. The van der Waals surface area contributed by atoms with E-state index < -0.39 is 29.2 Å². The lowest BCUT2D eigenvalue weighted by atomic mass is 10.3. The van der Waals surface area contributed by atoms with Gasteiger partial charge >= 0.3 is 5.97 Å². The van der Waals surface area contributed by atoms with E-state index in [1.165, 1.54) is 6.92 Å². The quantitative estimate of drug-likeness (QED) is 0.438. The highest BCUT2D eigenvalue weighted by atomic mass is 16.5. The van der Waals surface area contributed by atoms with Crippen LogP contribution < -0.4 is 0 Å². The number of imide groups is 1. The van der Waals surface area contributed by atoms with Crippen LogP contribution in [0.25, 0.3) is 0 Å². The molecule has 1 N–H and O–H groups in total. The van der Waals surface area contributed by atoms with Gasteiger partial charge in [0, 0.05) is 13.8 Å². The van der Waals surface area contributed by atoms with Gasteiger partial charge in [0.1, 0.15) is 5.76 Å². The van der Waals surface area contributed by atoms with Crippen molar-refractivity contribution in [3.63, 3.8) is 0 Å². The number of aliphatic hydroxyl groups is 1. The maximum atomic E-state index is 11.4. The van der Waals surface area contributed by atoms with Crippen LogP contribution in [-0.4, -0.2) is 34.4 Å². The van der Waals surface area contributed by atoms with Crippen LogP contribution in [0.3, 0.4) is 0 Å². The lowest BCUT2D eigenvalue weighted by Gasteiger charge is -2.19. The Bertz CT molecular complexity index is 327. The number of allylic oxidation sites excluding steroid dienone is 1. The number of hydrogen-bond acceptors (Lipinski definition) is 5. The van der Waals surface area contributed by atoms with Crippen molar-refractivity contribution in [3.8, 4) is 0 Å². The molecule has 0 aromatic heterocycles. The van der Waals surface area contributed by atoms with Gasteiger partial charge in [-0.1, -0.05) is 0 Å². The van der Waals surface area contributed by atoms with E-state index in [1.54, 1.807) is 6.92 Å². The lowest BCUT2D eigenvalue weighted by molar-refractivity contribution is -0.149. The molecule has 0 aromatic rings. The first-order valence-electron chi connectivity index (χ1n) is 4.71. The first kappa shape index (κ1) is 14.2. The van der Waals surface area contributed by atoms with Gasteiger partial charge in [0.25, 0.3) is 0 Å². The van der Waals surface area contributed by atoms with Gasteiger partial charge in [-0.2, -0.15) is 0 Å². The van der Waals surface area contributed by atoms with Gasteiger partial charge in [-0.25, -0.2) is 9.69 Å². The van der Waals surface area contributed by atoms with E-state index in [1.807, 2.05) is 0 Å². The number of carbonyl (C=O) groups is 3. The van der Waals surface area contributed by atoms with Crippen molar-refractivity contribution < 1.29 is 24.2 Å². The average molecular weight is 229 g/mol. The van der Waals surface area contributed by atoms with Gasteiger partial charge in [-0.05, 0) is 13.8 Å². The number of aliphatic hydroxyl groups excluding tert-OH is 1. The average Bonchev–Trinajstić information content (AvgIpc) is 2.11. The summed E-state index contributed by atoms with van der Waals surface area (Å²) in [6.07, 6.45) is 0. The van der Waals surface area contributed by atoms with E-state index in [2.05, 4.69) is 4.74 Å². The van der Waals surface area contributed by atoms with E-state index in [0.29, 0.717) is 4.90 Å². The summed E-state index contributed by atoms with van der Waals surface area (Å²) < 4.78 is 4.64. The maximum Gasteiger partial charge on any atom is 0.359 e. The minimum Gasteiger partial charge on any atom is -0.510 e. The van der Waals surface area contributed by atoms with E-state index in [4.69, 9.17) is 0 Å². The van der Waals surface area contributed by atoms with Crippen LogP contribution in [0.5, 0.6) is 0 Å². The van der Waals surface area contributed by atoms with Crippen molar-refractivity contribution in [2.75, 3.05) is 6.61 Å². The number of carbonyl (C=O) groups excluding carboxylic acids is 3. The summed E-state index contributed by atoms with van der Waals surface area (Å²) in [7, 11) is 0. The van der Waals surface area contributed by atoms with Crippen molar-refractivity contribution >= 4 is 17.8 Å². The molecule has 0 aromatic carbocycles. The number of hydrogen-bond donors (Lipinski definition) is 1. The molecule has 0 atom stereocenters. The van der Waals surface area contributed by atoms with Gasteiger partial charge in [-0.3, -0.25) is 9.59 Å². The number of rotatable bonds is 3. The maximum absolute atomic E-state index is 11.4. The zero-order valence-corrected chi connectivity index (χ0v) is 9.73. The smallest absolute Gasteiger partial charge is 0.359 e. The van der Waals surface area contributed by atoms with E-state index in [0.717, 1.165) is 13.8 Å². The lowest BCUT2D eigenvalue weighted by Crippen LogP contribution is -2.37. The monoisotopic (exact) mass is 229 g/mol. The molecule has 16 heavy (non-hydrogen) atoms. The Morgan fingerprint density at radius 2 is 1.56 bits per heavy atom. The van der Waals surface area contributed by atoms with Gasteiger partial charge in [-0.15, -0.1) is 0 Å². The Balaban J connectivity index is 5.36. The van der Waals surface area contributed by atoms with Crippen molar-refractivity contribution in [2.45, 2.75) is 27.7 Å². The molecule has 0 radical (unpaired) electrons. The minimum atomic E-state index is -0.909. The summed E-state index contributed by atoms with van der Waals surface area (Å²) in [5.41, 5.74) is -0.443. The van der Waals surface area contributed by atoms with Crippen LogP contribution in [0.4, 0.5) is 0 Å². The molecule has 0 saturated heterocycles. The molecule has 0 spiro atoms. The molecule has 0 rings (SSSR count). The zero-order chi connectivity index (χ0) is 12.9. The minimum absolute atomic E-state index is 0.0826. The Morgan fingerprint density at radius 3 is 1.81 bits per heavy atom. The van der Waals surface area contributed by atoms with Gasteiger partial charge < -0.3 is 9.84 Å². The van der Waals surface area contributed by atoms with Gasteiger partial charge in [0.15, 0.2) is 5.70 Å². The van der Waals surface area contributed by atoms with Crippen molar-refractivity contribution in [1.29, 1.82) is 0 Å². The fourth-order valence-electron chi connectivity index (χ4n) is 1.14. The van der Waals surface area contributed by atoms with Crippen molar-refractivity contribution in [1.82, 2.24) is 4.90 Å². The molecule has 0 aliphatic carbocycles. The number of esters is 1. The SMILES string of the molecule is CCOC(=O)C(=C(C)O)N(C(C)=O)C(C)=O. The predicted octanol–water partition coefficient (Wildman–Crippen LogP) is 0.734. The molecule has 0 bridgehead atoms. The van der Waals surface area contributed by atoms with Gasteiger partial charge in [0.05, 0.1) is 6.61 Å². The predicted molar refractivity (Wildman–Crippen MR) is 55.2 cm³/mol. The van der Waals surface area contributed by atoms with Crippen LogP contribution >= 0.6 is 0 Å². The van der Waals surface area contributed by atoms with Crippen LogP contribution in [0.15, 0.2) is 11.5 Å². The Labute approximate surface area is 93.5 Å². The molecule has 0 fully saturated rings. The molecule has 0 saturated carbocycles. The highest BCUT2D eigenvalue weighted by Gasteiger charge is 2.28. The summed E-state index contributed by atoms with van der Waals surface area (Å²) in [5, 5.41) is 9.31. The second-order valence-electron chi connectivity index (χ2n) is 3.03. The highest BCUT2D eigenvalue weighted by molar-refractivity contribution is 6.03. The van der Waals surface area contributed by atoms with Crippen LogP contribution in [0.2, 0.25) is 0 Å². The fourth-order valence-corrected chi connectivity index (χ4v) is 1.14. The molecule has 6 nitrogen and oxygen atoms in total. The van der Waals surface area contributed by atoms with E-state index in [-0.39, 0.29) is 6.61 Å². The summed E-state index contributed by atoms with van der Waals surface area (Å²) in [4.78, 5) is 34.4. The highest BCUT2D eigenvalue weighted by Crippen LogP contribution is 2.12. The Kier molecular flexibility index (Phi) is 5.21. The second-order valence-corrected chi connectivity index (χ2v) is 3.03. The van der Waals surface area contributed by atoms with E-state index >= 15 is 0 Å². The number of amides is 2. The summed E-state index contributed by atoms with van der Waals surface area (Å²) >= 11 is 0. The molecular weight excluding hydrogens is 214 g/mol. The van der Waals surface area contributed by atoms with Crippen molar-refractivity contribution in [3.05, 3.63) is 11.5 Å². The van der Waals surface area contributed by atoms with Gasteiger partial charge in [0.2, 0.25) is 11.8 Å². The molecule has 0 unspecified atom stereocenters. The largest absolute Gasteiger partial charge is 0.510 e. The molecule has 6 heteroatoms. The normalized spacial score (nSPS) is 11.5. The molecule has 0 aliphatic heterocycles. The topological polar surface area (TPSA) is 83.9 Å². The van der Waals surface area contributed by atoms with Crippen LogP contribution in [0.1, 0.15) is 27.7 Å². The first-order valence-corrected chi connectivity index (χ1v) is 4.71. The molecule has 2 amide bonds. The summed E-state index contributed by atoms with van der Waals surface area (Å²) in [6.45, 7) is 5.09. The summed E-state index contributed by atoms with van der Waals surface area (Å²) in [6, 6.07) is 0. The number of ether oxygens (including phenoxy) is 1. The molecular formula is C10H15NO5. The zero-order valence-electron chi connectivity index (χ0n) is 9.73. The molecule has 0 aliphatic rings. The first-order chi connectivity index (χ1) is 7.32. The van der Waals surface area contributed by atoms with E-state index in [9.17, 15) is 19.5 Å². The Hall–Kier alpha value is -1.85. The fraction of sp³-hybridized carbons (Fsp3) is 0.500. The number of nitrogens with zero attached hydrogens (tertiary/aromatic N) is 1. The standard InChI is InChI=1S/C10H15NO5/c1-5-16-10(15)9(6(2)12)11(7(3)13)8(4)14/h12H,5H2,1-4H3. The third-order valence-electron chi connectivity index (χ3n) is 1.66. The third kappa shape index (κ3) is 3.38. The van der Waals surface area contributed by atoms with Crippen LogP contribution in [0, 0.1) is 0 Å². The Morgan fingerprint density at radius 1 is 1.12 bits per heavy atom. The second kappa shape index (κ2) is 5.89.